The van der Waals surface area contributed by atoms with E-state index in [9.17, 15) is 0 Å². The van der Waals surface area contributed by atoms with Gasteiger partial charge in [-0.2, -0.15) is 0 Å². The van der Waals surface area contributed by atoms with Crippen molar-refractivity contribution in [2.75, 3.05) is 32.9 Å². The Morgan fingerprint density at radius 3 is 2.29 bits per heavy atom. The van der Waals surface area contributed by atoms with Crippen LogP contribution < -0.4 is 5.32 Å². The molecule has 0 aliphatic carbocycles. The third kappa shape index (κ3) is 11.4. The number of benzene rings is 1. The second-order valence-corrected chi connectivity index (χ2v) is 5.44. The van der Waals surface area contributed by atoms with Gasteiger partial charge in [0.05, 0.1) is 6.61 Å². The average Bonchev–Trinajstić information content (AvgIpc) is 2.53. The van der Waals surface area contributed by atoms with Crippen LogP contribution in [0.2, 0.25) is 0 Å². The molecule has 3 heteroatoms. The lowest BCUT2D eigenvalue weighted by Gasteiger charge is -2.05. The van der Waals surface area contributed by atoms with Crippen LogP contribution in [-0.2, 0) is 11.2 Å². The van der Waals surface area contributed by atoms with E-state index in [0.29, 0.717) is 6.54 Å². The zero-order chi connectivity index (χ0) is 15.0. The Balaban J connectivity index is 1.75. The third-order valence-corrected chi connectivity index (χ3v) is 3.53. The summed E-state index contributed by atoms with van der Waals surface area (Å²) in [5, 5.41) is 11.8. The van der Waals surface area contributed by atoms with E-state index in [4.69, 9.17) is 9.84 Å². The molecule has 1 aromatic rings. The van der Waals surface area contributed by atoms with Gasteiger partial charge in [0.25, 0.3) is 0 Å². The Labute approximate surface area is 129 Å². The molecule has 1 rings (SSSR count). The maximum atomic E-state index is 8.61. The predicted octanol–water partition coefficient (Wildman–Crippen LogP) is 3.17. The summed E-state index contributed by atoms with van der Waals surface area (Å²) in [6, 6.07) is 10.7. The minimum absolute atomic E-state index is 0.234. The molecule has 0 spiro atoms. The van der Waals surface area contributed by atoms with Crippen molar-refractivity contribution in [3.8, 4) is 0 Å². The molecule has 0 aliphatic heterocycles. The zero-order valence-electron chi connectivity index (χ0n) is 13.2. The fourth-order valence-corrected chi connectivity index (χ4v) is 2.29. The summed E-state index contributed by atoms with van der Waals surface area (Å²) >= 11 is 0. The number of aryl methyl sites for hydroxylation is 1. The molecule has 0 unspecified atom stereocenters. The first-order chi connectivity index (χ1) is 10.4. The van der Waals surface area contributed by atoms with E-state index < -0.39 is 0 Å². The fraction of sp³-hybridized carbons (Fsp3) is 0.667. The number of hydrogen-bond acceptors (Lipinski definition) is 3. The topological polar surface area (TPSA) is 41.5 Å². The molecule has 0 aliphatic rings. The minimum Gasteiger partial charge on any atom is -0.395 e. The summed E-state index contributed by atoms with van der Waals surface area (Å²) in [6.45, 7) is 3.76. The number of ether oxygens (including phenoxy) is 1. The molecule has 3 nitrogen and oxygen atoms in total. The first-order valence-corrected chi connectivity index (χ1v) is 8.36. The van der Waals surface area contributed by atoms with Crippen LogP contribution in [0.5, 0.6) is 0 Å². The Hall–Kier alpha value is -0.900. The summed E-state index contributed by atoms with van der Waals surface area (Å²) in [5.41, 5.74) is 1.42. The van der Waals surface area contributed by atoms with E-state index in [1.54, 1.807) is 0 Å². The Morgan fingerprint density at radius 2 is 1.52 bits per heavy atom. The average molecular weight is 293 g/mol. The first kappa shape index (κ1) is 18.1. The van der Waals surface area contributed by atoms with Gasteiger partial charge in [-0.15, -0.1) is 0 Å². The highest BCUT2D eigenvalue weighted by Gasteiger charge is 1.94. The number of nitrogens with one attached hydrogen (secondary N) is 1. The van der Waals surface area contributed by atoms with Gasteiger partial charge in [-0.05, 0) is 44.2 Å². The van der Waals surface area contributed by atoms with Gasteiger partial charge < -0.3 is 15.2 Å². The van der Waals surface area contributed by atoms with Gasteiger partial charge in [0.2, 0.25) is 0 Å². The number of aliphatic hydroxyl groups excluding tert-OH is 1. The molecule has 0 fully saturated rings. The van der Waals surface area contributed by atoms with Gasteiger partial charge in [-0.25, -0.2) is 0 Å². The number of rotatable bonds is 14. The van der Waals surface area contributed by atoms with Crippen molar-refractivity contribution in [1.29, 1.82) is 0 Å². The van der Waals surface area contributed by atoms with Crippen LogP contribution >= 0.6 is 0 Å². The molecule has 0 radical (unpaired) electrons. The fourth-order valence-electron chi connectivity index (χ4n) is 2.29. The number of aliphatic hydroxyl groups is 1. The van der Waals surface area contributed by atoms with E-state index in [1.165, 1.54) is 37.7 Å². The summed E-state index contributed by atoms with van der Waals surface area (Å²) in [4.78, 5) is 0. The first-order valence-electron chi connectivity index (χ1n) is 8.36. The van der Waals surface area contributed by atoms with Crippen molar-refractivity contribution in [1.82, 2.24) is 5.32 Å². The van der Waals surface area contributed by atoms with Crippen LogP contribution in [0.25, 0.3) is 0 Å². The molecule has 21 heavy (non-hydrogen) atoms. The lowest BCUT2D eigenvalue weighted by molar-refractivity contribution is 0.126. The van der Waals surface area contributed by atoms with Crippen molar-refractivity contribution in [2.24, 2.45) is 0 Å². The van der Waals surface area contributed by atoms with Crippen molar-refractivity contribution < 1.29 is 9.84 Å². The highest BCUT2D eigenvalue weighted by molar-refractivity contribution is 5.14. The molecule has 0 amide bonds. The highest BCUT2D eigenvalue weighted by atomic mass is 16.5. The van der Waals surface area contributed by atoms with E-state index in [-0.39, 0.29) is 6.61 Å². The summed E-state index contributed by atoms with van der Waals surface area (Å²) in [5.74, 6) is 0. The Kier molecular flexibility index (Phi) is 12.1. The molecule has 120 valence electrons. The quantitative estimate of drug-likeness (QED) is 0.518. The molecule has 0 saturated carbocycles. The van der Waals surface area contributed by atoms with Gasteiger partial charge in [-0.1, -0.05) is 43.2 Å². The molecule has 2 N–H and O–H groups in total. The van der Waals surface area contributed by atoms with Crippen LogP contribution in [0.3, 0.4) is 0 Å². The number of unbranched alkanes of at least 4 members (excludes halogenated alkanes) is 4. The summed E-state index contributed by atoms with van der Waals surface area (Å²) < 4.78 is 5.67. The lowest BCUT2D eigenvalue weighted by atomic mass is 10.1. The highest BCUT2D eigenvalue weighted by Crippen LogP contribution is 2.05. The van der Waals surface area contributed by atoms with E-state index in [0.717, 1.165) is 32.6 Å². The van der Waals surface area contributed by atoms with Gasteiger partial charge in [-0.3, -0.25) is 0 Å². The smallest absolute Gasteiger partial charge is 0.0555 e. The van der Waals surface area contributed by atoms with Crippen LogP contribution in [0, 0.1) is 0 Å². The number of hydrogen-bond donors (Lipinski definition) is 2. The van der Waals surface area contributed by atoms with Crippen molar-refractivity contribution >= 4 is 0 Å². The zero-order valence-corrected chi connectivity index (χ0v) is 13.2. The van der Waals surface area contributed by atoms with E-state index >= 15 is 0 Å². The van der Waals surface area contributed by atoms with Crippen molar-refractivity contribution in [2.45, 2.75) is 44.9 Å². The normalized spacial score (nSPS) is 10.9. The van der Waals surface area contributed by atoms with E-state index in [1.807, 2.05) is 0 Å². The molecule has 1 aromatic carbocycles. The van der Waals surface area contributed by atoms with Gasteiger partial charge >= 0.3 is 0 Å². The Morgan fingerprint density at radius 1 is 0.810 bits per heavy atom. The molecular weight excluding hydrogens is 262 g/mol. The van der Waals surface area contributed by atoms with Crippen LogP contribution in [0.1, 0.15) is 44.1 Å². The molecular formula is C18H31NO2. The van der Waals surface area contributed by atoms with Gasteiger partial charge in [0.15, 0.2) is 0 Å². The maximum absolute atomic E-state index is 8.61. The standard InChI is InChI=1S/C18H31NO2/c20-15-14-19-13-7-1-2-8-16-21-17-9-6-12-18-10-4-3-5-11-18/h3-5,10-11,19-20H,1-2,6-9,12-17H2. The van der Waals surface area contributed by atoms with Crippen LogP contribution in [0.15, 0.2) is 30.3 Å². The summed E-state index contributed by atoms with van der Waals surface area (Å²) in [7, 11) is 0. The molecule has 0 aromatic heterocycles. The Bertz CT molecular complexity index is 316. The molecule has 0 heterocycles. The molecule has 0 atom stereocenters. The molecule has 0 saturated heterocycles. The second kappa shape index (κ2) is 14.1. The largest absolute Gasteiger partial charge is 0.395 e. The van der Waals surface area contributed by atoms with Crippen LogP contribution in [-0.4, -0.2) is 38.0 Å². The van der Waals surface area contributed by atoms with E-state index in [2.05, 4.69) is 35.6 Å². The van der Waals surface area contributed by atoms with Crippen LogP contribution in [0.4, 0.5) is 0 Å². The molecule has 0 bridgehead atoms. The van der Waals surface area contributed by atoms with Gasteiger partial charge in [0, 0.05) is 19.8 Å². The third-order valence-electron chi connectivity index (χ3n) is 3.53. The lowest BCUT2D eigenvalue weighted by Crippen LogP contribution is -2.19. The summed E-state index contributed by atoms with van der Waals surface area (Å²) in [6.07, 6.45) is 8.36. The van der Waals surface area contributed by atoms with Gasteiger partial charge in [0.1, 0.15) is 0 Å². The minimum atomic E-state index is 0.234. The SMILES string of the molecule is OCCNCCCCCCOCCCCc1ccccc1. The second-order valence-electron chi connectivity index (χ2n) is 5.44. The predicted molar refractivity (Wildman–Crippen MR) is 88.6 cm³/mol. The van der Waals surface area contributed by atoms with Crippen molar-refractivity contribution in [3.63, 3.8) is 0 Å². The maximum Gasteiger partial charge on any atom is 0.0555 e. The van der Waals surface area contributed by atoms with Crippen molar-refractivity contribution in [3.05, 3.63) is 35.9 Å². The monoisotopic (exact) mass is 293 g/mol.